The van der Waals surface area contributed by atoms with Gasteiger partial charge in [-0.2, -0.15) is 9.78 Å². The van der Waals surface area contributed by atoms with E-state index >= 15 is 0 Å². The van der Waals surface area contributed by atoms with Gasteiger partial charge in [0.15, 0.2) is 21.4 Å². The van der Waals surface area contributed by atoms with E-state index in [1.54, 1.807) is 24.3 Å². The number of carbonyl (C=O) groups is 1. The molecular weight excluding hydrogens is 479 g/mol. The molecule has 0 N–H and O–H groups in total. The molecule has 1 fully saturated rings. The van der Waals surface area contributed by atoms with Crippen LogP contribution in [0.25, 0.3) is 28.1 Å². The number of hydrogen-bond acceptors (Lipinski definition) is 6. The summed E-state index contributed by atoms with van der Waals surface area (Å²) in [6.45, 7) is 1.83. The molecular formula is C24H20ClFN4O3S. The zero-order chi connectivity index (χ0) is 24.1. The number of ketones is 1. The lowest BCUT2D eigenvalue weighted by Crippen LogP contribution is -2.22. The smallest absolute Gasteiger partial charge is 0.251 e. The second kappa shape index (κ2) is 8.25. The first-order chi connectivity index (χ1) is 16.1. The lowest BCUT2D eigenvalue weighted by Gasteiger charge is -2.20. The van der Waals surface area contributed by atoms with Crippen LogP contribution in [-0.4, -0.2) is 45.5 Å². The molecule has 0 amide bonds. The monoisotopic (exact) mass is 498 g/mol. The van der Waals surface area contributed by atoms with Crippen molar-refractivity contribution in [3.63, 3.8) is 0 Å². The van der Waals surface area contributed by atoms with Crippen molar-refractivity contribution in [3.8, 4) is 17.2 Å². The summed E-state index contributed by atoms with van der Waals surface area (Å²) in [7, 11) is -3.12. The summed E-state index contributed by atoms with van der Waals surface area (Å²) in [5, 5.41) is 5.87. The Hall–Kier alpha value is -3.17. The average Bonchev–Trinajstić information content (AvgIpc) is 3.30. The van der Waals surface area contributed by atoms with Crippen LogP contribution in [-0.2, 0) is 9.84 Å². The number of rotatable bonds is 5. The molecule has 5 rings (SSSR count). The average molecular weight is 499 g/mol. The molecule has 1 saturated heterocycles. The summed E-state index contributed by atoms with van der Waals surface area (Å²) in [4.78, 5) is 21.2. The van der Waals surface area contributed by atoms with Crippen LogP contribution in [0.2, 0.25) is 5.02 Å². The molecule has 0 bridgehead atoms. The minimum atomic E-state index is -3.12. The van der Waals surface area contributed by atoms with Gasteiger partial charge in [0.2, 0.25) is 0 Å². The van der Waals surface area contributed by atoms with E-state index in [0.717, 1.165) is 12.4 Å². The van der Waals surface area contributed by atoms with E-state index in [4.69, 9.17) is 11.6 Å². The summed E-state index contributed by atoms with van der Waals surface area (Å²) < 4.78 is 38.8. The number of sulfone groups is 1. The Balaban J connectivity index is 1.62. The van der Waals surface area contributed by atoms with E-state index in [9.17, 15) is 17.6 Å². The third kappa shape index (κ3) is 4.21. The highest BCUT2D eigenvalue weighted by Gasteiger charge is 2.40. The molecule has 1 aliphatic rings. The van der Waals surface area contributed by atoms with E-state index < -0.39 is 21.1 Å². The minimum absolute atomic E-state index is 0.00594. The third-order valence-electron chi connectivity index (χ3n) is 6.10. The molecule has 174 valence electrons. The van der Waals surface area contributed by atoms with Crippen molar-refractivity contribution in [1.82, 2.24) is 19.7 Å². The first-order valence-corrected chi connectivity index (χ1v) is 12.8. The lowest BCUT2D eigenvalue weighted by atomic mass is 9.83. The maximum Gasteiger partial charge on any atom is 0.251 e. The maximum absolute atomic E-state index is 13.4. The Morgan fingerprint density at radius 2 is 1.91 bits per heavy atom. The molecule has 4 aromatic rings. The van der Waals surface area contributed by atoms with Crippen molar-refractivity contribution in [2.24, 2.45) is 5.41 Å². The molecule has 3 heterocycles. The Kier molecular flexibility index (Phi) is 5.49. The first-order valence-electron chi connectivity index (χ1n) is 10.6. The van der Waals surface area contributed by atoms with E-state index in [1.165, 1.54) is 4.68 Å². The Bertz CT molecular complexity index is 1540. The predicted octanol–water partition coefficient (Wildman–Crippen LogP) is 4.67. The summed E-state index contributed by atoms with van der Waals surface area (Å²) in [6.07, 6.45) is 2.67. The molecule has 0 radical (unpaired) electrons. The number of Topliss-reactive ketones (excluding diaryl/α,β-unsaturated/α-hetero) is 1. The van der Waals surface area contributed by atoms with Gasteiger partial charge in [0.1, 0.15) is 5.69 Å². The molecule has 0 spiro atoms. The number of halogens is 2. The molecule has 1 atom stereocenters. The van der Waals surface area contributed by atoms with Gasteiger partial charge in [-0.15, -0.1) is 0 Å². The van der Waals surface area contributed by atoms with Crippen molar-refractivity contribution in [3.05, 3.63) is 71.3 Å². The molecule has 10 heteroatoms. The Labute approximate surface area is 200 Å². The molecule has 2 aromatic heterocycles. The van der Waals surface area contributed by atoms with Crippen LogP contribution in [0.1, 0.15) is 30.1 Å². The van der Waals surface area contributed by atoms with E-state index in [1.807, 2.05) is 25.1 Å². The van der Waals surface area contributed by atoms with Crippen LogP contribution in [0.15, 0.2) is 54.9 Å². The SMILES string of the molecule is CC1(CC(=O)c2ccc3c(-c4ccccc4Cl)nn(-c4ncc(F)cn4)c3c2)CCS(=O)(=O)C1. The largest absolute Gasteiger partial charge is 0.294 e. The van der Waals surface area contributed by atoms with Crippen LogP contribution in [0.4, 0.5) is 4.39 Å². The minimum Gasteiger partial charge on any atom is -0.294 e. The van der Waals surface area contributed by atoms with Gasteiger partial charge >= 0.3 is 0 Å². The van der Waals surface area contributed by atoms with E-state index in [0.29, 0.717) is 39.2 Å². The third-order valence-corrected chi connectivity index (χ3v) is 8.39. The summed E-state index contributed by atoms with van der Waals surface area (Å²) >= 11 is 6.42. The number of benzene rings is 2. The fourth-order valence-electron chi connectivity index (χ4n) is 4.41. The zero-order valence-electron chi connectivity index (χ0n) is 18.2. The van der Waals surface area contributed by atoms with Gasteiger partial charge in [0.05, 0.1) is 34.4 Å². The molecule has 1 unspecified atom stereocenters. The summed E-state index contributed by atoms with van der Waals surface area (Å²) in [5.41, 5.74) is 1.65. The van der Waals surface area contributed by atoms with Crippen molar-refractivity contribution < 1.29 is 17.6 Å². The maximum atomic E-state index is 13.4. The van der Waals surface area contributed by atoms with Gasteiger partial charge in [-0.3, -0.25) is 4.79 Å². The Morgan fingerprint density at radius 3 is 2.59 bits per heavy atom. The standard InChI is InChI=1S/C24H20ClFN4O3S/c1-24(8-9-34(32,33)14-24)11-21(31)15-6-7-18-20(10-15)30(23-27-12-16(26)13-28-23)29-22(18)17-4-2-3-5-19(17)25/h2-7,10,12-13H,8-9,11,14H2,1H3. The van der Waals surface area contributed by atoms with Gasteiger partial charge in [-0.25, -0.2) is 22.8 Å². The number of carbonyl (C=O) groups excluding carboxylic acids is 1. The highest BCUT2D eigenvalue weighted by atomic mass is 35.5. The van der Waals surface area contributed by atoms with Gasteiger partial charge in [0, 0.05) is 22.9 Å². The second-order valence-corrected chi connectivity index (χ2v) is 11.5. The van der Waals surface area contributed by atoms with Gasteiger partial charge in [-0.05, 0) is 30.0 Å². The normalized spacial score (nSPS) is 19.5. The fraction of sp³-hybridized carbons (Fsp3) is 0.250. The number of aromatic nitrogens is 4. The molecule has 0 aliphatic carbocycles. The van der Waals surface area contributed by atoms with Crippen molar-refractivity contribution in [1.29, 1.82) is 0 Å². The lowest BCUT2D eigenvalue weighted by molar-refractivity contribution is 0.0934. The van der Waals surface area contributed by atoms with Crippen LogP contribution in [0.3, 0.4) is 0 Å². The molecule has 7 nitrogen and oxygen atoms in total. The summed E-state index contributed by atoms with van der Waals surface area (Å²) in [6, 6.07) is 12.4. The van der Waals surface area contributed by atoms with Crippen LogP contribution < -0.4 is 0 Å². The van der Waals surface area contributed by atoms with Crippen molar-refractivity contribution in [2.75, 3.05) is 11.5 Å². The quantitative estimate of drug-likeness (QED) is 0.371. The molecule has 1 aliphatic heterocycles. The number of hydrogen-bond donors (Lipinski definition) is 0. The topological polar surface area (TPSA) is 94.8 Å². The first kappa shape index (κ1) is 22.6. The van der Waals surface area contributed by atoms with E-state index in [2.05, 4.69) is 15.1 Å². The van der Waals surface area contributed by atoms with Crippen LogP contribution >= 0.6 is 11.6 Å². The highest BCUT2D eigenvalue weighted by Crippen LogP contribution is 2.37. The van der Waals surface area contributed by atoms with Gasteiger partial charge in [0.25, 0.3) is 5.95 Å². The molecule has 2 aromatic carbocycles. The number of nitrogens with zero attached hydrogens (tertiary/aromatic N) is 4. The van der Waals surface area contributed by atoms with Crippen LogP contribution in [0, 0.1) is 11.2 Å². The van der Waals surface area contributed by atoms with Gasteiger partial charge in [-0.1, -0.05) is 42.8 Å². The second-order valence-electron chi connectivity index (χ2n) is 8.93. The van der Waals surface area contributed by atoms with Gasteiger partial charge < -0.3 is 0 Å². The zero-order valence-corrected chi connectivity index (χ0v) is 19.8. The van der Waals surface area contributed by atoms with Crippen molar-refractivity contribution >= 4 is 38.1 Å². The Morgan fingerprint density at radius 1 is 1.18 bits per heavy atom. The van der Waals surface area contributed by atoms with E-state index in [-0.39, 0.29) is 29.7 Å². The predicted molar refractivity (Wildman–Crippen MR) is 127 cm³/mol. The number of fused-ring (bicyclic) bond motifs is 1. The summed E-state index contributed by atoms with van der Waals surface area (Å²) in [5.74, 6) is -0.489. The molecule has 0 saturated carbocycles. The molecule has 34 heavy (non-hydrogen) atoms. The fourth-order valence-corrected chi connectivity index (χ4v) is 6.90. The van der Waals surface area contributed by atoms with Crippen molar-refractivity contribution in [2.45, 2.75) is 19.8 Å². The van der Waals surface area contributed by atoms with Crippen LogP contribution in [0.5, 0.6) is 0 Å². The highest BCUT2D eigenvalue weighted by molar-refractivity contribution is 7.91.